The Morgan fingerprint density at radius 2 is 2.03 bits per heavy atom. The fourth-order valence-corrected chi connectivity index (χ4v) is 3.24. The van der Waals surface area contributed by atoms with Crippen molar-refractivity contribution in [2.45, 2.75) is 50.2 Å². The Bertz CT molecular complexity index is 812. The number of nitrogens with two attached hydrogens (primary N) is 2. The molecule has 1 aromatic rings. The molecule has 4 amide bonds. The Kier molecular flexibility index (Phi) is 8.49. The molecule has 3 unspecified atom stereocenters. The van der Waals surface area contributed by atoms with E-state index in [-0.39, 0.29) is 19.3 Å². The minimum atomic E-state index is -1.09. The first kappa shape index (κ1) is 23.8. The number of likely N-dealkylation sites (tertiary alicyclic amines) is 1. The Labute approximate surface area is 177 Å². The fraction of sp³-hybridized carbons (Fsp3) is 0.556. The summed E-state index contributed by atoms with van der Waals surface area (Å²) in [7, 11) is 0. The first-order valence-electron chi connectivity index (χ1n) is 9.80. The van der Waals surface area contributed by atoms with Crippen molar-refractivity contribution >= 4 is 29.6 Å². The van der Waals surface area contributed by atoms with Crippen molar-refractivity contribution in [2.24, 2.45) is 11.5 Å². The Morgan fingerprint density at radius 1 is 1.29 bits per heavy atom. The normalized spacial score (nSPS) is 17.6. The van der Waals surface area contributed by atoms with Crippen LogP contribution in [0.3, 0.4) is 0 Å². The van der Waals surface area contributed by atoms with E-state index in [0.717, 1.165) is 0 Å². The highest BCUT2D eigenvalue weighted by molar-refractivity contribution is 5.93. The molecule has 0 aromatic carbocycles. The molecule has 1 aliphatic rings. The minimum Gasteiger partial charge on any atom is -0.480 e. The molecule has 13 nitrogen and oxygen atoms in total. The molecule has 8 N–H and O–H groups in total. The standard InChI is InChI=1S/C18H27N7O6/c19-11(3-4-14(20)26)16(28)24-12(6-10-7-21-9-23-10)17(29)22-8-15(27)25-5-1-2-13(25)18(30)31/h7,9,11-13H,1-6,8,19H2,(H2,20,26)(H,21,23)(H,22,29)(H,24,28)(H,30,31). The number of primary amides is 1. The smallest absolute Gasteiger partial charge is 0.326 e. The highest BCUT2D eigenvalue weighted by Crippen LogP contribution is 2.17. The first-order valence-corrected chi connectivity index (χ1v) is 9.80. The van der Waals surface area contributed by atoms with Crippen LogP contribution in [0, 0.1) is 0 Å². The molecular weight excluding hydrogens is 410 g/mol. The van der Waals surface area contributed by atoms with E-state index in [4.69, 9.17) is 11.5 Å². The average Bonchev–Trinajstić information content (AvgIpc) is 3.41. The van der Waals surface area contributed by atoms with E-state index >= 15 is 0 Å². The van der Waals surface area contributed by atoms with Crippen molar-refractivity contribution in [3.05, 3.63) is 18.2 Å². The molecule has 2 heterocycles. The van der Waals surface area contributed by atoms with Crippen molar-refractivity contribution < 1.29 is 29.1 Å². The summed E-state index contributed by atoms with van der Waals surface area (Å²) in [6, 6.07) is -3.03. The number of carboxylic acid groups (broad SMARTS) is 1. The highest BCUT2D eigenvalue weighted by Gasteiger charge is 2.34. The van der Waals surface area contributed by atoms with Gasteiger partial charge < -0.3 is 37.1 Å². The molecule has 1 aromatic heterocycles. The van der Waals surface area contributed by atoms with Crippen LogP contribution in [0.5, 0.6) is 0 Å². The quantitative estimate of drug-likeness (QED) is 0.212. The predicted octanol–water partition coefficient (Wildman–Crippen LogP) is -2.78. The number of imidazole rings is 1. The van der Waals surface area contributed by atoms with Crippen molar-refractivity contribution in [1.82, 2.24) is 25.5 Å². The van der Waals surface area contributed by atoms with Gasteiger partial charge in [-0.1, -0.05) is 0 Å². The van der Waals surface area contributed by atoms with Crippen molar-refractivity contribution in [2.75, 3.05) is 13.1 Å². The monoisotopic (exact) mass is 437 g/mol. The van der Waals surface area contributed by atoms with Gasteiger partial charge in [0.05, 0.1) is 18.9 Å². The number of rotatable bonds is 11. The predicted molar refractivity (Wildman–Crippen MR) is 106 cm³/mol. The number of nitrogens with zero attached hydrogens (tertiary/aromatic N) is 2. The number of hydrogen-bond acceptors (Lipinski definition) is 7. The average molecular weight is 437 g/mol. The van der Waals surface area contributed by atoms with E-state index in [9.17, 15) is 29.1 Å². The van der Waals surface area contributed by atoms with Gasteiger partial charge in [0.15, 0.2) is 0 Å². The summed E-state index contributed by atoms with van der Waals surface area (Å²) >= 11 is 0. The Morgan fingerprint density at radius 3 is 2.65 bits per heavy atom. The largest absolute Gasteiger partial charge is 0.480 e. The second-order valence-electron chi connectivity index (χ2n) is 7.25. The van der Waals surface area contributed by atoms with Crippen LogP contribution < -0.4 is 22.1 Å². The summed E-state index contributed by atoms with van der Waals surface area (Å²) in [4.78, 5) is 67.4. The van der Waals surface area contributed by atoms with Gasteiger partial charge in [0.1, 0.15) is 12.1 Å². The zero-order valence-corrected chi connectivity index (χ0v) is 16.9. The van der Waals surface area contributed by atoms with E-state index in [1.165, 1.54) is 17.4 Å². The molecule has 0 radical (unpaired) electrons. The second-order valence-corrected chi connectivity index (χ2v) is 7.25. The van der Waals surface area contributed by atoms with Gasteiger partial charge >= 0.3 is 5.97 Å². The van der Waals surface area contributed by atoms with Gasteiger partial charge in [-0.3, -0.25) is 19.2 Å². The molecule has 0 aliphatic carbocycles. The lowest BCUT2D eigenvalue weighted by Gasteiger charge is -2.23. The first-order chi connectivity index (χ1) is 14.7. The maximum Gasteiger partial charge on any atom is 0.326 e. The van der Waals surface area contributed by atoms with Crippen molar-refractivity contribution in [1.29, 1.82) is 0 Å². The summed E-state index contributed by atoms with van der Waals surface area (Å²) in [6.45, 7) is -0.111. The summed E-state index contributed by atoms with van der Waals surface area (Å²) in [5.41, 5.74) is 11.4. The third-order valence-electron chi connectivity index (χ3n) is 4.92. The lowest BCUT2D eigenvalue weighted by atomic mass is 10.1. The molecule has 0 bridgehead atoms. The topological polar surface area (TPSA) is 214 Å². The molecule has 170 valence electrons. The Balaban J connectivity index is 1.97. The molecule has 13 heteroatoms. The summed E-state index contributed by atoms with van der Waals surface area (Å²) in [6.07, 6.45) is 3.80. The Hall–Kier alpha value is -3.48. The van der Waals surface area contributed by atoms with Gasteiger partial charge in [-0.05, 0) is 19.3 Å². The molecule has 2 rings (SSSR count). The van der Waals surface area contributed by atoms with Crippen LogP contribution in [-0.2, 0) is 30.4 Å². The number of H-pyrrole nitrogens is 1. The summed E-state index contributed by atoms with van der Waals surface area (Å²) < 4.78 is 0. The zero-order chi connectivity index (χ0) is 23.0. The van der Waals surface area contributed by atoms with Gasteiger partial charge in [0.25, 0.3) is 0 Å². The van der Waals surface area contributed by atoms with Crippen LogP contribution in [0.2, 0.25) is 0 Å². The summed E-state index contributed by atoms with van der Waals surface area (Å²) in [5.74, 6) is -3.52. The number of aromatic amines is 1. The van der Waals surface area contributed by atoms with Gasteiger partial charge in [-0.25, -0.2) is 9.78 Å². The van der Waals surface area contributed by atoms with Gasteiger partial charge in [0, 0.05) is 31.3 Å². The molecule has 1 aliphatic heterocycles. The zero-order valence-electron chi connectivity index (χ0n) is 16.9. The number of amides is 4. The molecule has 31 heavy (non-hydrogen) atoms. The van der Waals surface area contributed by atoms with E-state index < -0.39 is 54.3 Å². The van der Waals surface area contributed by atoms with Crippen LogP contribution >= 0.6 is 0 Å². The van der Waals surface area contributed by atoms with Gasteiger partial charge in [-0.15, -0.1) is 0 Å². The fourth-order valence-electron chi connectivity index (χ4n) is 3.24. The molecule has 1 fully saturated rings. The maximum absolute atomic E-state index is 12.7. The third-order valence-corrected chi connectivity index (χ3v) is 4.92. The van der Waals surface area contributed by atoms with Crippen LogP contribution in [0.25, 0.3) is 0 Å². The molecule has 0 spiro atoms. The van der Waals surface area contributed by atoms with Crippen LogP contribution in [0.4, 0.5) is 0 Å². The van der Waals surface area contributed by atoms with Crippen molar-refractivity contribution in [3.8, 4) is 0 Å². The highest BCUT2D eigenvalue weighted by atomic mass is 16.4. The molecule has 0 saturated carbocycles. The third kappa shape index (κ3) is 7.06. The molecular formula is C18H27N7O6. The van der Waals surface area contributed by atoms with Gasteiger partial charge in [-0.2, -0.15) is 0 Å². The number of aliphatic carboxylic acids is 1. The lowest BCUT2D eigenvalue weighted by molar-refractivity contribution is -0.148. The van der Waals surface area contributed by atoms with Crippen LogP contribution in [-0.4, -0.2) is 80.8 Å². The van der Waals surface area contributed by atoms with E-state index in [2.05, 4.69) is 20.6 Å². The number of carbonyl (C=O) groups excluding carboxylic acids is 4. The number of carboxylic acids is 1. The second kappa shape index (κ2) is 11.1. The molecule has 3 atom stereocenters. The van der Waals surface area contributed by atoms with E-state index in [0.29, 0.717) is 25.1 Å². The minimum absolute atomic E-state index is 0.0174. The number of carbonyl (C=O) groups is 5. The maximum atomic E-state index is 12.7. The van der Waals surface area contributed by atoms with E-state index in [1.807, 2.05) is 0 Å². The number of nitrogens with one attached hydrogen (secondary N) is 3. The number of hydrogen-bond donors (Lipinski definition) is 6. The SMILES string of the molecule is NC(=O)CCC(N)C(=O)NC(Cc1cnc[nH]1)C(=O)NCC(=O)N1CCCC1C(=O)O. The van der Waals surface area contributed by atoms with E-state index in [1.54, 1.807) is 0 Å². The van der Waals surface area contributed by atoms with Crippen LogP contribution in [0.1, 0.15) is 31.4 Å². The van der Waals surface area contributed by atoms with Crippen molar-refractivity contribution in [3.63, 3.8) is 0 Å². The lowest BCUT2D eigenvalue weighted by Crippen LogP contribution is -2.54. The summed E-state index contributed by atoms with van der Waals surface area (Å²) in [5, 5.41) is 14.1. The number of aromatic nitrogens is 2. The van der Waals surface area contributed by atoms with Gasteiger partial charge in [0.2, 0.25) is 23.6 Å². The van der Waals surface area contributed by atoms with Crippen LogP contribution in [0.15, 0.2) is 12.5 Å². The molecule has 1 saturated heterocycles.